The van der Waals surface area contributed by atoms with E-state index in [0.29, 0.717) is 26.2 Å². The summed E-state index contributed by atoms with van der Waals surface area (Å²) in [4.78, 5) is 65.4. The molecule has 4 saturated heterocycles. The Morgan fingerprint density at radius 3 is 2.10 bits per heavy atom. The van der Waals surface area contributed by atoms with E-state index >= 15 is 0 Å². The van der Waals surface area contributed by atoms with Crippen molar-refractivity contribution in [1.29, 1.82) is 0 Å². The number of piperazine rings is 1. The molecule has 4 amide bonds. The molecule has 0 saturated carbocycles. The van der Waals surface area contributed by atoms with Gasteiger partial charge in [-0.05, 0) is 42.4 Å². The molecule has 0 radical (unpaired) electrons. The molecule has 0 unspecified atom stereocenters. The zero-order valence-corrected chi connectivity index (χ0v) is 29.1. The molecule has 4 fully saturated rings. The van der Waals surface area contributed by atoms with Crippen LogP contribution in [0.4, 0.5) is 4.79 Å². The zero-order valence-electron chi connectivity index (χ0n) is 29.1. The Balaban J connectivity index is 1.15. The van der Waals surface area contributed by atoms with Crippen LogP contribution in [0.3, 0.4) is 0 Å². The van der Waals surface area contributed by atoms with E-state index < -0.39 is 30.3 Å². The number of benzene rings is 3. The predicted octanol–water partition coefficient (Wildman–Crippen LogP) is 4.63. The van der Waals surface area contributed by atoms with Gasteiger partial charge in [0.15, 0.2) is 0 Å². The van der Waals surface area contributed by atoms with Crippen LogP contribution in [-0.2, 0) is 25.5 Å². The lowest BCUT2D eigenvalue weighted by atomic mass is 9.87. The first-order valence-corrected chi connectivity index (χ1v) is 18.4. The topological polar surface area (TPSA) is 93.7 Å². The van der Waals surface area contributed by atoms with Gasteiger partial charge in [0, 0.05) is 45.8 Å². The fourth-order valence-electron chi connectivity index (χ4n) is 7.88. The minimum Gasteiger partial charge on any atom is -0.447 e. The molecule has 266 valence electrons. The third-order valence-corrected chi connectivity index (χ3v) is 10.8. The number of rotatable bonds is 11. The Morgan fingerprint density at radius 1 is 0.765 bits per heavy atom. The third-order valence-electron chi connectivity index (χ3n) is 10.8. The Kier molecular flexibility index (Phi) is 10.8. The number of nitrogens with zero attached hydrogens (tertiary/aromatic N) is 5. The van der Waals surface area contributed by atoms with Crippen molar-refractivity contribution in [2.75, 3.05) is 52.4 Å². The van der Waals surface area contributed by atoms with Gasteiger partial charge >= 0.3 is 6.09 Å². The molecule has 3 aromatic rings. The van der Waals surface area contributed by atoms with Crippen molar-refractivity contribution in [2.45, 2.75) is 56.3 Å². The maximum atomic E-state index is 14.6. The number of carbonyl (C=O) groups excluding carboxylic acids is 4. The van der Waals surface area contributed by atoms with Gasteiger partial charge in [-0.25, -0.2) is 4.79 Å². The molecule has 0 N–H and O–H groups in total. The number of likely N-dealkylation sites (tertiary alicyclic amines) is 2. The number of carbonyl (C=O) groups is 4. The largest absolute Gasteiger partial charge is 0.447 e. The molecule has 0 aromatic heterocycles. The average molecular weight is 690 g/mol. The lowest BCUT2D eigenvalue weighted by Crippen LogP contribution is -2.75. The number of piperidine rings is 1. The molecule has 4 aliphatic rings. The first kappa shape index (κ1) is 34.5. The Hall–Kier alpha value is -4.96. The van der Waals surface area contributed by atoms with Crippen molar-refractivity contribution >= 4 is 29.9 Å². The van der Waals surface area contributed by atoms with E-state index in [0.717, 1.165) is 56.4 Å². The average Bonchev–Trinajstić information content (AvgIpc) is 3.56. The summed E-state index contributed by atoms with van der Waals surface area (Å²) in [6.45, 7) is 4.83. The van der Waals surface area contributed by atoms with Crippen LogP contribution in [0.1, 0.15) is 48.4 Å². The lowest BCUT2D eigenvalue weighted by Gasteiger charge is -2.53. The van der Waals surface area contributed by atoms with Gasteiger partial charge < -0.3 is 19.4 Å². The summed E-state index contributed by atoms with van der Waals surface area (Å²) in [7, 11) is 0. The third kappa shape index (κ3) is 7.71. The highest BCUT2D eigenvalue weighted by Gasteiger charge is 2.58. The summed E-state index contributed by atoms with van der Waals surface area (Å²) in [6.07, 6.45) is 7.06. The van der Waals surface area contributed by atoms with Gasteiger partial charge in [-0.1, -0.05) is 103 Å². The molecule has 0 bridgehead atoms. The SMILES string of the molecule is O=C(C[C@@H](C(=O)N1CCN(CCc2ccccc2)CC1)N1C(=O)[C@@H](N2C(=O)OC[C@@H]2c2ccccc2)[C@H]1/C=C/c1ccccc1)N1CCCCC1. The number of cyclic esters (lactones) is 1. The first-order valence-electron chi connectivity index (χ1n) is 18.4. The van der Waals surface area contributed by atoms with Gasteiger partial charge in [-0.3, -0.25) is 24.2 Å². The minimum absolute atomic E-state index is 0.0895. The number of ether oxygens (including phenoxy) is 1. The monoisotopic (exact) mass is 689 g/mol. The van der Waals surface area contributed by atoms with Crippen LogP contribution in [0.25, 0.3) is 6.08 Å². The standard InChI is InChI=1S/C41H47N5O5/c47-37(43-22-11-4-12-23-43)29-35(39(48)44-27-25-42(26-28-44)24-21-32-15-7-2-8-16-32)45-34(20-19-31-13-5-1-6-14-31)38(40(45)49)46-36(30-51-41(46)50)33-17-9-3-10-18-33/h1-3,5-10,13-20,34-36,38H,4,11-12,21-30H2/b20-19+/t34-,35+,36-,38+/m1/s1. The van der Waals surface area contributed by atoms with Crippen molar-refractivity contribution in [3.05, 3.63) is 114 Å². The normalized spacial score (nSPS) is 23.3. The van der Waals surface area contributed by atoms with Gasteiger partial charge in [0.05, 0.1) is 18.5 Å². The van der Waals surface area contributed by atoms with E-state index in [2.05, 4.69) is 29.2 Å². The number of amides is 4. The highest BCUT2D eigenvalue weighted by atomic mass is 16.6. The van der Waals surface area contributed by atoms with E-state index in [4.69, 9.17) is 4.74 Å². The predicted molar refractivity (Wildman–Crippen MR) is 194 cm³/mol. The molecule has 4 heterocycles. The van der Waals surface area contributed by atoms with E-state index in [1.165, 1.54) is 10.5 Å². The molecular formula is C41H47N5O5. The highest BCUT2D eigenvalue weighted by Crippen LogP contribution is 2.39. The van der Waals surface area contributed by atoms with Crippen LogP contribution in [-0.4, -0.2) is 119 Å². The molecule has 4 atom stereocenters. The van der Waals surface area contributed by atoms with E-state index in [1.54, 1.807) is 4.90 Å². The quantitative estimate of drug-likeness (QED) is 0.273. The molecule has 4 aliphatic heterocycles. The number of hydrogen-bond donors (Lipinski definition) is 0. The summed E-state index contributed by atoms with van der Waals surface area (Å²) in [5.41, 5.74) is 3.08. The van der Waals surface area contributed by atoms with Crippen molar-refractivity contribution in [3.63, 3.8) is 0 Å². The van der Waals surface area contributed by atoms with Crippen LogP contribution in [0.15, 0.2) is 97.1 Å². The maximum absolute atomic E-state index is 14.6. The number of hydrogen-bond acceptors (Lipinski definition) is 6. The molecule has 0 aliphatic carbocycles. The minimum atomic E-state index is -0.988. The lowest BCUT2D eigenvalue weighted by molar-refractivity contribution is -0.167. The summed E-state index contributed by atoms with van der Waals surface area (Å²) < 4.78 is 5.54. The number of β-lactam (4-membered cyclic amide) rings is 1. The highest BCUT2D eigenvalue weighted by molar-refractivity contribution is 5.99. The second-order valence-corrected chi connectivity index (χ2v) is 13.9. The van der Waals surface area contributed by atoms with Gasteiger partial charge in [-0.15, -0.1) is 0 Å². The molecule has 3 aromatic carbocycles. The fourth-order valence-corrected chi connectivity index (χ4v) is 7.88. The summed E-state index contributed by atoms with van der Waals surface area (Å²) in [5.74, 6) is -0.667. The molecular weight excluding hydrogens is 642 g/mol. The molecule has 10 heteroatoms. The molecule has 10 nitrogen and oxygen atoms in total. The Bertz CT molecular complexity index is 1690. The van der Waals surface area contributed by atoms with Gasteiger partial charge in [0.25, 0.3) is 0 Å². The summed E-state index contributed by atoms with van der Waals surface area (Å²) in [6, 6.07) is 26.8. The zero-order chi connectivity index (χ0) is 35.2. The summed E-state index contributed by atoms with van der Waals surface area (Å²) >= 11 is 0. The molecule has 0 spiro atoms. The van der Waals surface area contributed by atoms with Crippen LogP contribution in [0.2, 0.25) is 0 Å². The first-order chi connectivity index (χ1) is 25.0. The van der Waals surface area contributed by atoms with Gasteiger partial charge in [0.2, 0.25) is 17.7 Å². The second-order valence-electron chi connectivity index (χ2n) is 13.9. The smallest absolute Gasteiger partial charge is 0.411 e. The van der Waals surface area contributed by atoms with Crippen molar-refractivity contribution < 1.29 is 23.9 Å². The Labute approximate surface area is 300 Å². The molecule has 51 heavy (non-hydrogen) atoms. The van der Waals surface area contributed by atoms with E-state index in [9.17, 15) is 19.2 Å². The molecule has 7 rings (SSSR count). The van der Waals surface area contributed by atoms with E-state index in [-0.39, 0.29) is 30.7 Å². The summed E-state index contributed by atoms with van der Waals surface area (Å²) in [5, 5.41) is 0. The van der Waals surface area contributed by atoms with Crippen molar-refractivity contribution in [1.82, 2.24) is 24.5 Å². The van der Waals surface area contributed by atoms with Crippen LogP contribution >= 0.6 is 0 Å². The van der Waals surface area contributed by atoms with Crippen LogP contribution in [0, 0.1) is 0 Å². The maximum Gasteiger partial charge on any atom is 0.411 e. The van der Waals surface area contributed by atoms with Gasteiger partial charge in [0.1, 0.15) is 18.7 Å². The Morgan fingerprint density at radius 2 is 1.41 bits per heavy atom. The van der Waals surface area contributed by atoms with Crippen molar-refractivity contribution in [2.24, 2.45) is 0 Å². The van der Waals surface area contributed by atoms with Crippen LogP contribution < -0.4 is 0 Å². The van der Waals surface area contributed by atoms with Crippen molar-refractivity contribution in [3.8, 4) is 0 Å². The second kappa shape index (κ2) is 15.9. The van der Waals surface area contributed by atoms with E-state index in [1.807, 2.05) is 88.7 Å². The van der Waals surface area contributed by atoms with Crippen LogP contribution in [0.5, 0.6) is 0 Å². The fraction of sp³-hybridized carbons (Fsp3) is 0.415. The van der Waals surface area contributed by atoms with Gasteiger partial charge in [-0.2, -0.15) is 0 Å².